The Hall–Kier alpha value is -0.150. The van der Waals surface area contributed by atoms with E-state index in [4.69, 9.17) is 11.6 Å². The Morgan fingerprint density at radius 1 is 1.50 bits per heavy atom. The van der Waals surface area contributed by atoms with Crippen molar-refractivity contribution in [1.82, 2.24) is 0 Å². The Labute approximate surface area is 42.5 Å². The minimum atomic E-state index is 0.655. The zero-order chi connectivity index (χ0) is 4.41. The Kier molecular flexibility index (Phi) is 1.03. The second kappa shape index (κ2) is 1.53. The van der Waals surface area contributed by atoms with Gasteiger partial charge in [-0.15, -0.1) is 0 Å². The summed E-state index contributed by atoms with van der Waals surface area (Å²) in [6.45, 7) is 0. The molecule has 0 nitrogen and oxygen atoms in total. The zero-order valence-electron chi connectivity index (χ0n) is 3.37. The summed E-state index contributed by atoms with van der Waals surface area (Å²) >= 11 is 5.08. The largest absolute Gasteiger partial charge is 0.0825 e. The highest BCUT2D eigenvalue weighted by atomic mass is 35.5. The third kappa shape index (κ3) is 0.914. The average molecular weight is 101 g/mol. The fourth-order valence-corrected chi connectivity index (χ4v) is 0.459. The first-order chi connectivity index (χ1) is 2.93. The van der Waals surface area contributed by atoms with Crippen LogP contribution in [0.15, 0.2) is 0 Å². The van der Waals surface area contributed by atoms with Gasteiger partial charge in [0.1, 0.15) is 0 Å². The van der Waals surface area contributed by atoms with E-state index in [-0.39, 0.29) is 0 Å². The summed E-state index contributed by atoms with van der Waals surface area (Å²) < 4.78 is 0. The van der Waals surface area contributed by atoms with Crippen molar-refractivity contribution in [3.8, 4) is 11.3 Å². The molecule has 0 unspecified atom stereocenters. The van der Waals surface area contributed by atoms with Crippen LogP contribution in [0.3, 0.4) is 0 Å². The van der Waals surface area contributed by atoms with E-state index in [1.165, 1.54) is 12.8 Å². The molecule has 1 aliphatic rings. The van der Waals surface area contributed by atoms with Crippen molar-refractivity contribution in [2.45, 2.75) is 12.8 Å². The molecule has 0 aliphatic heterocycles. The molecule has 0 aromatic heterocycles. The average Bonchev–Trinajstić information content (AvgIpc) is 2.21. The molecule has 0 spiro atoms. The highest BCUT2D eigenvalue weighted by Crippen LogP contribution is 2.27. The minimum Gasteiger partial charge on any atom is -0.0825 e. The summed E-state index contributed by atoms with van der Waals surface area (Å²) in [6, 6.07) is 0. The highest BCUT2D eigenvalue weighted by molar-refractivity contribution is 6.30. The van der Waals surface area contributed by atoms with Gasteiger partial charge in [-0.05, 0) is 24.4 Å². The summed E-state index contributed by atoms with van der Waals surface area (Å²) in [5, 5.41) is 2.35. The maximum atomic E-state index is 5.08. The topological polar surface area (TPSA) is 0 Å². The van der Waals surface area contributed by atoms with Crippen LogP contribution in [0.5, 0.6) is 0 Å². The summed E-state index contributed by atoms with van der Waals surface area (Å²) in [6.07, 6.45) is 2.53. The van der Waals surface area contributed by atoms with E-state index in [2.05, 4.69) is 11.3 Å². The Morgan fingerprint density at radius 2 is 2.17 bits per heavy atom. The lowest BCUT2D eigenvalue weighted by molar-refractivity contribution is 1.18. The zero-order valence-corrected chi connectivity index (χ0v) is 4.13. The van der Waals surface area contributed by atoms with Crippen molar-refractivity contribution >= 4 is 11.6 Å². The number of halogens is 1. The molecule has 0 aromatic rings. The summed E-state index contributed by atoms with van der Waals surface area (Å²) in [7, 11) is 0. The van der Waals surface area contributed by atoms with Gasteiger partial charge in [-0.25, -0.2) is 0 Å². The van der Waals surface area contributed by atoms with Crippen molar-refractivity contribution in [2.75, 3.05) is 0 Å². The third-order valence-electron chi connectivity index (χ3n) is 0.836. The molecule has 6 heavy (non-hydrogen) atoms. The standard InChI is InChI=1S/C5H5Cl/c6-4-3-5-1-2-5/h5H,1-2H2. The predicted molar refractivity (Wildman–Crippen MR) is 26.4 cm³/mol. The lowest BCUT2D eigenvalue weighted by Gasteiger charge is -1.60. The first-order valence-corrected chi connectivity index (χ1v) is 2.42. The third-order valence-corrected chi connectivity index (χ3v) is 0.945. The van der Waals surface area contributed by atoms with Gasteiger partial charge in [0.25, 0.3) is 0 Å². The molecule has 1 rings (SSSR count). The van der Waals surface area contributed by atoms with Gasteiger partial charge in [0, 0.05) is 11.3 Å². The molecule has 32 valence electrons. The second-order valence-corrected chi connectivity index (χ2v) is 1.70. The summed E-state index contributed by atoms with van der Waals surface area (Å²) in [4.78, 5) is 0. The van der Waals surface area contributed by atoms with Crippen molar-refractivity contribution < 1.29 is 0 Å². The van der Waals surface area contributed by atoms with Crippen LogP contribution in [0.2, 0.25) is 0 Å². The fraction of sp³-hybridized carbons (Fsp3) is 0.600. The van der Waals surface area contributed by atoms with E-state index in [0.29, 0.717) is 5.92 Å². The van der Waals surface area contributed by atoms with Crippen molar-refractivity contribution in [3.05, 3.63) is 0 Å². The molecule has 1 saturated carbocycles. The van der Waals surface area contributed by atoms with Crippen LogP contribution >= 0.6 is 11.6 Å². The fourth-order valence-electron chi connectivity index (χ4n) is 0.305. The van der Waals surface area contributed by atoms with Crippen LogP contribution in [0.4, 0.5) is 0 Å². The van der Waals surface area contributed by atoms with Gasteiger partial charge in [-0.1, -0.05) is 5.92 Å². The van der Waals surface area contributed by atoms with Crippen LogP contribution in [-0.2, 0) is 0 Å². The van der Waals surface area contributed by atoms with Gasteiger partial charge in [-0.3, -0.25) is 0 Å². The molecule has 1 aliphatic carbocycles. The van der Waals surface area contributed by atoms with E-state index < -0.39 is 0 Å². The van der Waals surface area contributed by atoms with Gasteiger partial charge in [-0.2, -0.15) is 0 Å². The lowest BCUT2D eigenvalue weighted by Crippen LogP contribution is -1.55. The molecule has 0 radical (unpaired) electrons. The van der Waals surface area contributed by atoms with Crippen LogP contribution in [-0.4, -0.2) is 0 Å². The van der Waals surface area contributed by atoms with Crippen molar-refractivity contribution in [1.29, 1.82) is 0 Å². The quantitative estimate of drug-likeness (QED) is 0.406. The van der Waals surface area contributed by atoms with Gasteiger partial charge in [0.05, 0.1) is 0 Å². The minimum absolute atomic E-state index is 0.655. The van der Waals surface area contributed by atoms with E-state index in [1.807, 2.05) is 0 Å². The van der Waals surface area contributed by atoms with Crippen LogP contribution in [0, 0.1) is 17.2 Å². The van der Waals surface area contributed by atoms with E-state index in [9.17, 15) is 0 Å². The molecular weight excluding hydrogens is 95.5 g/mol. The van der Waals surface area contributed by atoms with Crippen LogP contribution < -0.4 is 0 Å². The van der Waals surface area contributed by atoms with Crippen molar-refractivity contribution in [3.63, 3.8) is 0 Å². The SMILES string of the molecule is ClC#CC1CC1. The number of hydrogen-bond donors (Lipinski definition) is 0. The van der Waals surface area contributed by atoms with E-state index in [1.54, 1.807) is 0 Å². The maximum Gasteiger partial charge on any atom is 0.0216 e. The first kappa shape index (κ1) is 4.02. The Morgan fingerprint density at radius 3 is 2.33 bits per heavy atom. The maximum absolute atomic E-state index is 5.08. The van der Waals surface area contributed by atoms with Gasteiger partial charge in [0.2, 0.25) is 0 Å². The highest BCUT2D eigenvalue weighted by Gasteiger charge is 2.17. The smallest absolute Gasteiger partial charge is 0.0216 e. The van der Waals surface area contributed by atoms with E-state index in [0.717, 1.165) is 0 Å². The molecule has 0 saturated heterocycles. The lowest BCUT2D eigenvalue weighted by atomic mass is 10.5. The Balaban J connectivity index is 2.27. The predicted octanol–water partition coefficient (Wildman–Crippen LogP) is 1.60. The van der Waals surface area contributed by atoms with Crippen LogP contribution in [0.25, 0.3) is 0 Å². The molecule has 0 bridgehead atoms. The van der Waals surface area contributed by atoms with Gasteiger partial charge in [0.15, 0.2) is 0 Å². The molecular formula is C5H5Cl. The van der Waals surface area contributed by atoms with E-state index >= 15 is 0 Å². The molecule has 0 atom stereocenters. The second-order valence-electron chi connectivity index (χ2n) is 1.51. The summed E-state index contributed by atoms with van der Waals surface area (Å²) in [5.41, 5.74) is 0. The molecule has 0 heterocycles. The molecule has 1 fully saturated rings. The van der Waals surface area contributed by atoms with Crippen molar-refractivity contribution in [2.24, 2.45) is 5.92 Å². The normalized spacial score (nSPS) is 18.8. The first-order valence-electron chi connectivity index (χ1n) is 2.04. The molecule has 1 heteroatoms. The number of hydrogen-bond acceptors (Lipinski definition) is 0. The van der Waals surface area contributed by atoms with Crippen LogP contribution in [0.1, 0.15) is 12.8 Å². The molecule has 0 amide bonds. The van der Waals surface area contributed by atoms with Gasteiger partial charge < -0.3 is 0 Å². The summed E-state index contributed by atoms with van der Waals surface area (Å²) in [5.74, 6) is 3.49. The molecule has 0 aromatic carbocycles. The monoisotopic (exact) mass is 100 g/mol. The number of rotatable bonds is 0. The Bertz CT molecular complexity index is 92.2. The van der Waals surface area contributed by atoms with Gasteiger partial charge >= 0.3 is 0 Å². The molecule has 0 N–H and O–H groups in total.